The van der Waals surface area contributed by atoms with Crippen LogP contribution in [0.25, 0.3) is 28.1 Å². The Morgan fingerprint density at radius 3 is 2.69 bits per heavy atom. The molecule has 3 N–H and O–H groups in total. The lowest BCUT2D eigenvalue weighted by molar-refractivity contribution is -0.183. The summed E-state index contributed by atoms with van der Waals surface area (Å²) in [5, 5.41) is 18.0. The number of rotatable bonds is 6. The Bertz CT molecular complexity index is 1410. The Morgan fingerprint density at radius 1 is 1.19 bits per heavy atom. The highest BCUT2D eigenvalue weighted by atomic mass is 19.4. The van der Waals surface area contributed by atoms with Gasteiger partial charge in [-0.15, -0.1) is 10.2 Å². The molecule has 0 aliphatic carbocycles. The summed E-state index contributed by atoms with van der Waals surface area (Å²) in [6.07, 6.45) is -3.25. The fraction of sp³-hybridized carbons (Fsp3) is 0.375. The van der Waals surface area contributed by atoms with Crippen LogP contribution in [0.2, 0.25) is 0 Å². The molecule has 0 unspecified atom stereocenters. The van der Waals surface area contributed by atoms with Crippen molar-refractivity contribution in [3.8, 4) is 17.3 Å². The van der Waals surface area contributed by atoms with Crippen LogP contribution in [0.5, 0.6) is 5.75 Å². The van der Waals surface area contributed by atoms with Crippen LogP contribution in [-0.4, -0.2) is 67.6 Å². The van der Waals surface area contributed by atoms with Crippen LogP contribution >= 0.6 is 0 Å². The summed E-state index contributed by atoms with van der Waals surface area (Å²) in [5.74, 6) is -0.182. The van der Waals surface area contributed by atoms with Crippen LogP contribution in [0.4, 0.5) is 17.6 Å². The van der Waals surface area contributed by atoms with Gasteiger partial charge in [-0.1, -0.05) is 12.1 Å². The number of hydrogen-bond acceptors (Lipinski definition) is 7. The molecule has 1 aliphatic heterocycles. The predicted octanol–water partition coefficient (Wildman–Crippen LogP) is 3.48. The number of hydrogen-bond donors (Lipinski definition) is 2. The van der Waals surface area contributed by atoms with Gasteiger partial charge in [0, 0.05) is 36.8 Å². The van der Waals surface area contributed by atoms with E-state index in [-0.39, 0.29) is 42.9 Å². The van der Waals surface area contributed by atoms with Crippen molar-refractivity contribution in [2.45, 2.75) is 37.7 Å². The molecule has 1 saturated heterocycles. The third kappa shape index (κ3) is 4.59. The van der Waals surface area contributed by atoms with Gasteiger partial charge in [0.25, 0.3) is 0 Å². The highest BCUT2D eigenvalue weighted by molar-refractivity contribution is 5.86. The molecule has 0 radical (unpaired) electrons. The van der Waals surface area contributed by atoms with Crippen LogP contribution in [0.3, 0.4) is 0 Å². The van der Waals surface area contributed by atoms with Gasteiger partial charge in [0.15, 0.2) is 11.5 Å². The van der Waals surface area contributed by atoms with Crippen LogP contribution in [0, 0.1) is 5.82 Å². The molecule has 4 aromatic rings. The zero-order valence-corrected chi connectivity index (χ0v) is 19.3. The second-order valence-electron chi connectivity index (χ2n) is 8.99. The molecule has 36 heavy (non-hydrogen) atoms. The van der Waals surface area contributed by atoms with Crippen LogP contribution in [0.15, 0.2) is 42.6 Å². The van der Waals surface area contributed by atoms with Crippen molar-refractivity contribution >= 4 is 16.6 Å². The molecule has 0 saturated carbocycles. The first-order valence-electron chi connectivity index (χ1n) is 11.4. The van der Waals surface area contributed by atoms with E-state index in [0.29, 0.717) is 28.7 Å². The number of aliphatic hydroxyl groups is 1. The number of halogens is 4. The summed E-state index contributed by atoms with van der Waals surface area (Å²) in [7, 11) is 0. The highest BCUT2D eigenvalue weighted by Gasteiger charge is 2.46. The van der Waals surface area contributed by atoms with Crippen molar-refractivity contribution in [2.75, 3.05) is 19.7 Å². The quantitative estimate of drug-likeness (QED) is 0.388. The van der Waals surface area contributed by atoms with Gasteiger partial charge in [0.05, 0.1) is 6.61 Å². The van der Waals surface area contributed by atoms with Crippen molar-refractivity contribution in [3.05, 3.63) is 54.0 Å². The first-order chi connectivity index (χ1) is 17.1. The Morgan fingerprint density at radius 2 is 2.00 bits per heavy atom. The van der Waals surface area contributed by atoms with Gasteiger partial charge < -0.3 is 15.6 Å². The molecule has 1 aromatic carbocycles. The van der Waals surface area contributed by atoms with Gasteiger partial charge in [-0.2, -0.15) is 13.2 Å². The van der Waals surface area contributed by atoms with E-state index in [0.717, 1.165) is 0 Å². The standard InChI is InChI=1S/C24H24F4N6O2/c1-13(12-35)36-19-9-16(25)8-14-2-4-18(30-21(14)19)23-32-31-20-5-3-15(10-34(20)23)22(24(26,27)28)33-7-6-17(29)11-33/h2-5,8-10,13,17,22,35H,6-7,11-12,29H2,1H3/t13-,17+,22-/m1/s1. The fourth-order valence-electron chi connectivity index (χ4n) is 4.54. The summed E-state index contributed by atoms with van der Waals surface area (Å²) < 4.78 is 63.6. The van der Waals surface area contributed by atoms with Crippen molar-refractivity contribution in [1.82, 2.24) is 24.5 Å². The maximum atomic E-state index is 14.1. The topological polar surface area (TPSA) is 102 Å². The minimum atomic E-state index is -4.51. The van der Waals surface area contributed by atoms with E-state index in [4.69, 9.17) is 10.5 Å². The number of ether oxygens (including phenoxy) is 1. The number of nitrogens with two attached hydrogens (primary N) is 1. The summed E-state index contributed by atoms with van der Waals surface area (Å²) >= 11 is 0. The van der Waals surface area contributed by atoms with Gasteiger partial charge in [-0.05, 0) is 37.1 Å². The number of nitrogens with zero attached hydrogens (tertiary/aromatic N) is 5. The molecule has 3 atom stereocenters. The number of likely N-dealkylation sites (tertiary alicyclic amines) is 1. The Kier molecular flexibility index (Phi) is 6.27. The Labute approximate surface area is 203 Å². The average Bonchev–Trinajstić information content (AvgIpc) is 3.44. The molecule has 0 amide bonds. The van der Waals surface area contributed by atoms with Crippen LogP contribution in [-0.2, 0) is 0 Å². The maximum absolute atomic E-state index is 14.1. The molecule has 8 nitrogen and oxygen atoms in total. The molecule has 1 fully saturated rings. The lowest BCUT2D eigenvalue weighted by Gasteiger charge is -2.30. The fourth-order valence-corrected chi connectivity index (χ4v) is 4.54. The first-order valence-corrected chi connectivity index (χ1v) is 11.4. The number of pyridine rings is 2. The summed E-state index contributed by atoms with van der Waals surface area (Å²) in [4.78, 5) is 5.90. The van der Waals surface area contributed by atoms with Gasteiger partial charge in [-0.25, -0.2) is 9.37 Å². The minimum absolute atomic E-state index is 0.0359. The van der Waals surface area contributed by atoms with E-state index in [9.17, 15) is 22.7 Å². The molecule has 190 valence electrons. The Balaban J connectivity index is 1.60. The second kappa shape index (κ2) is 9.26. The molecule has 0 bridgehead atoms. The number of benzene rings is 1. The molecule has 0 spiro atoms. The molecule has 4 heterocycles. The third-order valence-electron chi connectivity index (χ3n) is 6.21. The van der Waals surface area contributed by atoms with Crippen molar-refractivity contribution in [3.63, 3.8) is 0 Å². The normalized spacial score (nSPS) is 18.7. The maximum Gasteiger partial charge on any atom is 0.408 e. The predicted molar refractivity (Wildman–Crippen MR) is 124 cm³/mol. The van der Waals surface area contributed by atoms with E-state index in [1.54, 1.807) is 19.1 Å². The number of fused-ring (bicyclic) bond motifs is 2. The summed E-state index contributed by atoms with van der Waals surface area (Å²) in [6.45, 7) is 1.74. The average molecular weight is 504 g/mol. The van der Waals surface area contributed by atoms with Crippen LogP contribution in [0.1, 0.15) is 24.9 Å². The molecular weight excluding hydrogens is 480 g/mol. The van der Waals surface area contributed by atoms with E-state index in [1.807, 2.05) is 0 Å². The van der Waals surface area contributed by atoms with Crippen molar-refractivity contribution < 1.29 is 27.4 Å². The molecule has 1 aliphatic rings. The van der Waals surface area contributed by atoms with Crippen LogP contribution < -0.4 is 10.5 Å². The molecule has 5 rings (SSSR count). The van der Waals surface area contributed by atoms with E-state index in [1.165, 1.54) is 39.8 Å². The smallest absolute Gasteiger partial charge is 0.408 e. The molecular formula is C24H24F4N6O2. The van der Waals surface area contributed by atoms with Gasteiger partial charge in [-0.3, -0.25) is 9.30 Å². The lowest BCUT2D eigenvalue weighted by Crippen LogP contribution is -2.38. The third-order valence-corrected chi connectivity index (χ3v) is 6.21. The second-order valence-corrected chi connectivity index (χ2v) is 8.99. The number of aromatic nitrogens is 4. The minimum Gasteiger partial charge on any atom is -0.486 e. The zero-order chi connectivity index (χ0) is 25.6. The monoisotopic (exact) mass is 504 g/mol. The summed E-state index contributed by atoms with van der Waals surface area (Å²) in [6, 6.07) is 6.41. The number of aliphatic hydroxyl groups excluding tert-OH is 1. The highest BCUT2D eigenvalue weighted by Crippen LogP contribution is 2.39. The van der Waals surface area contributed by atoms with Gasteiger partial charge in [0.1, 0.15) is 34.9 Å². The van der Waals surface area contributed by atoms with E-state index < -0.39 is 24.1 Å². The number of alkyl halides is 3. The first kappa shape index (κ1) is 24.3. The SMILES string of the molecule is C[C@H](CO)Oc1cc(F)cc2ccc(-c3nnc4ccc([C@@H](N5CC[C@H](N)C5)C(F)(F)F)cn34)nc12. The van der Waals surface area contributed by atoms with Gasteiger partial charge >= 0.3 is 6.18 Å². The summed E-state index contributed by atoms with van der Waals surface area (Å²) in [5.41, 5.74) is 6.89. The van der Waals surface area contributed by atoms with Crippen molar-refractivity contribution in [1.29, 1.82) is 0 Å². The Hall–Kier alpha value is -3.35. The zero-order valence-electron chi connectivity index (χ0n) is 19.3. The van der Waals surface area contributed by atoms with E-state index >= 15 is 0 Å². The molecule has 12 heteroatoms. The lowest BCUT2D eigenvalue weighted by atomic mass is 10.1. The van der Waals surface area contributed by atoms with E-state index in [2.05, 4.69) is 15.2 Å². The van der Waals surface area contributed by atoms with Crippen molar-refractivity contribution in [2.24, 2.45) is 5.73 Å². The molecule has 3 aromatic heterocycles. The van der Waals surface area contributed by atoms with Gasteiger partial charge in [0.2, 0.25) is 0 Å². The largest absolute Gasteiger partial charge is 0.486 e.